The normalized spacial score (nSPS) is 26.6. The van der Waals surface area contributed by atoms with Crippen molar-refractivity contribution in [3.8, 4) is 5.75 Å². The first-order valence-corrected chi connectivity index (χ1v) is 7.80. The second-order valence-electron chi connectivity index (χ2n) is 6.00. The zero-order chi connectivity index (χ0) is 13.2. The van der Waals surface area contributed by atoms with E-state index in [1.54, 1.807) is 0 Å². The Kier molecular flexibility index (Phi) is 3.99. The molecule has 1 aromatic carbocycles. The van der Waals surface area contributed by atoms with E-state index in [1.807, 2.05) is 6.07 Å². The van der Waals surface area contributed by atoms with Crippen LogP contribution in [0.4, 0.5) is 0 Å². The fraction of sp³-hybridized carbons (Fsp3) is 0.625. The molecule has 3 rings (SSSR count). The number of nitrogens with two attached hydrogens (primary N) is 1. The average molecular weight is 280 g/mol. The molecule has 0 aromatic heterocycles. The Bertz CT molecular complexity index is 460. The van der Waals surface area contributed by atoms with Crippen molar-refractivity contribution in [3.05, 3.63) is 28.3 Å². The Balaban J connectivity index is 1.79. The van der Waals surface area contributed by atoms with Crippen molar-refractivity contribution in [2.24, 2.45) is 11.7 Å². The van der Waals surface area contributed by atoms with Gasteiger partial charge in [0.15, 0.2) is 0 Å². The molecule has 2 unspecified atom stereocenters. The van der Waals surface area contributed by atoms with Crippen LogP contribution in [0, 0.1) is 5.92 Å². The summed E-state index contributed by atoms with van der Waals surface area (Å²) in [5.74, 6) is 1.78. The number of rotatable bonds is 2. The molecular formula is C16H22ClNO. The molecule has 2 atom stereocenters. The fourth-order valence-electron chi connectivity index (χ4n) is 3.50. The lowest BCUT2D eigenvalue weighted by Crippen LogP contribution is -2.22. The van der Waals surface area contributed by atoms with Crippen LogP contribution in [-0.2, 0) is 12.8 Å². The Hall–Kier alpha value is -0.730. The average Bonchev–Trinajstić information content (AvgIpc) is 2.73. The molecule has 2 N–H and O–H groups in total. The minimum Gasteiger partial charge on any atom is -0.493 e. The fourth-order valence-corrected chi connectivity index (χ4v) is 3.76. The smallest absolute Gasteiger partial charge is 0.125 e. The van der Waals surface area contributed by atoms with Crippen molar-refractivity contribution >= 4 is 11.6 Å². The van der Waals surface area contributed by atoms with E-state index >= 15 is 0 Å². The van der Waals surface area contributed by atoms with E-state index in [9.17, 15) is 0 Å². The Morgan fingerprint density at radius 2 is 2.11 bits per heavy atom. The number of hydrogen-bond acceptors (Lipinski definition) is 2. The molecule has 1 heterocycles. The van der Waals surface area contributed by atoms with E-state index < -0.39 is 0 Å². The van der Waals surface area contributed by atoms with E-state index in [0.717, 1.165) is 36.6 Å². The summed E-state index contributed by atoms with van der Waals surface area (Å²) in [5.41, 5.74) is 8.73. The van der Waals surface area contributed by atoms with Gasteiger partial charge in [-0.25, -0.2) is 0 Å². The van der Waals surface area contributed by atoms with Crippen LogP contribution < -0.4 is 10.5 Å². The van der Waals surface area contributed by atoms with Crippen molar-refractivity contribution in [3.63, 3.8) is 0 Å². The highest BCUT2D eigenvalue weighted by molar-refractivity contribution is 6.30. The van der Waals surface area contributed by atoms with Crippen LogP contribution in [0.3, 0.4) is 0 Å². The van der Waals surface area contributed by atoms with Gasteiger partial charge in [-0.15, -0.1) is 0 Å². The second-order valence-corrected chi connectivity index (χ2v) is 6.44. The van der Waals surface area contributed by atoms with Crippen molar-refractivity contribution in [2.45, 2.75) is 51.0 Å². The predicted molar refractivity (Wildman–Crippen MR) is 78.9 cm³/mol. The SMILES string of the molecule is NC1CCCCC(Cc2cc(Cl)cc3c2OCC3)C1. The topological polar surface area (TPSA) is 35.2 Å². The van der Waals surface area contributed by atoms with E-state index in [0.29, 0.717) is 12.0 Å². The van der Waals surface area contributed by atoms with Crippen LogP contribution >= 0.6 is 11.6 Å². The maximum Gasteiger partial charge on any atom is 0.125 e. The molecule has 2 aliphatic rings. The van der Waals surface area contributed by atoms with Gasteiger partial charge < -0.3 is 10.5 Å². The first-order chi connectivity index (χ1) is 9.22. The predicted octanol–water partition coefficient (Wildman–Crippen LogP) is 3.73. The number of fused-ring (bicyclic) bond motifs is 1. The van der Waals surface area contributed by atoms with Gasteiger partial charge >= 0.3 is 0 Å². The largest absolute Gasteiger partial charge is 0.493 e. The van der Waals surface area contributed by atoms with Gasteiger partial charge in [-0.2, -0.15) is 0 Å². The van der Waals surface area contributed by atoms with E-state index in [4.69, 9.17) is 22.1 Å². The Labute approximate surface area is 120 Å². The number of hydrogen-bond donors (Lipinski definition) is 1. The summed E-state index contributed by atoms with van der Waals surface area (Å²) in [6.45, 7) is 0.798. The summed E-state index contributed by atoms with van der Waals surface area (Å²) in [5, 5.41) is 0.845. The molecule has 0 bridgehead atoms. The third-order valence-electron chi connectivity index (χ3n) is 4.41. The van der Waals surface area contributed by atoms with Crippen LogP contribution in [0.5, 0.6) is 5.75 Å². The van der Waals surface area contributed by atoms with Gasteiger partial charge in [0, 0.05) is 17.5 Å². The number of benzene rings is 1. The number of ether oxygens (including phenoxy) is 1. The van der Waals surface area contributed by atoms with Gasteiger partial charge in [-0.05, 0) is 48.4 Å². The molecule has 1 fully saturated rings. The molecule has 0 spiro atoms. The highest BCUT2D eigenvalue weighted by atomic mass is 35.5. The first-order valence-electron chi connectivity index (χ1n) is 7.42. The van der Waals surface area contributed by atoms with Gasteiger partial charge in [0.25, 0.3) is 0 Å². The van der Waals surface area contributed by atoms with E-state index in [-0.39, 0.29) is 0 Å². The van der Waals surface area contributed by atoms with E-state index in [2.05, 4.69) is 6.07 Å². The zero-order valence-electron chi connectivity index (χ0n) is 11.3. The summed E-state index contributed by atoms with van der Waals surface area (Å²) >= 11 is 6.23. The van der Waals surface area contributed by atoms with Crippen LogP contribution in [0.25, 0.3) is 0 Å². The lowest BCUT2D eigenvalue weighted by Gasteiger charge is -2.18. The maximum absolute atomic E-state index is 6.23. The standard InChI is InChI=1S/C16H22ClNO/c17-14-9-12-5-6-19-16(12)13(10-14)7-11-3-1-2-4-15(18)8-11/h9-11,15H,1-8,18H2. The molecule has 104 valence electrons. The molecule has 1 aromatic rings. The Morgan fingerprint density at radius 1 is 1.26 bits per heavy atom. The van der Waals surface area contributed by atoms with Crippen LogP contribution in [0.1, 0.15) is 43.2 Å². The molecule has 1 saturated carbocycles. The van der Waals surface area contributed by atoms with Gasteiger partial charge in [0.1, 0.15) is 5.75 Å². The quantitative estimate of drug-likeness (QED) is 0.838. The second kappa shape index (κ2) is 5.72. The zero-order valence-corrected chi connectivity index (χ0v) is 12.1. The minimum atomic E-state index is 0.376. The number of halogens is 1. The first kappa shape index (κ1) is 13.3. The highest BCUT2D eigenvalue weighted by Crippen LogP contribution is 2.36. The molecule has 19 heavy (non-hydrogen) atoms. The molecule has 0 saturated heterocycles. The molecule has 0 amide bonds. The maximum atomic E-state index is 6.23. The van der Waals surface area contributed by atoms with Crippen LogP contribution in [-0.4, -0.2) is 12.6 Å². The molecule has 2 nitrogen and oxygen atoms in total. The molecule has 0 radical (unpaired) electrons. The van der Waals surface area contributed by atoms with Crippen LogP contribution in [0.2, 0.25) is 5.02 Å². The third-order valence-corrected chi connectivity index (χ3v) is 4.63. The lowest BCUT2D eigenvalue weighted by molar-refractivity contribution is 0.348. The summed E-state index contributed by atoms with van der Waals surface area (Å²) in [7, 11) is 0. The van der Waals surface area contributed by atoms with Crippen molar-refractivity contribution in [2.75, 3.05) is 6.61 Å². The highest BCUT2D eigenvalue weighted by Gasteiger charge is 2.22. The summed E-state index contributed by atoms with van der Waals surface area (Å²) < 4.78 is 5.79. The minimum absolute atomic E-state index is 0.376. The van der Waals surface area contributed by atoms with Gasteiger partial charge in [-0.3, -0.25) is 0 Å². The van der Waals surface area contributed by atoms with Crippen LogP contribution in [0.15, 0.2) is 12.1 Å². The third kappa shape index (κ3) is 3.06. The Morgan fingerprint density at radius 3 is 3.00 bits per heavy atom. The van der Waals surface area contributed by atoms with Crippen molar-refractivity contribution in [1.82, 2.24) is 0 Å². The lowest BCUT2D eigenvalue weighted by atomic mass is 9.90. The molecule has 1 aliphatic carbocycles. The monoisotopic (exact) mass is 279 g/mol. The summed E-state index contributed by atoms with van der Waals surface area (Å²) in [6, 6.07) is 4.51. The molecule has 1 aliphatic heterocycles. The molecular weight excluding hydrogens is 258 g/mol. The van der Waals surface area contributed by atoms with Gasteiger partial charge in [-0.1, -0.05) is 30.9 Å². The molecule has 3 heteroatoms. The van der Waals surface area contributed by atoms with E-state index in [1.165, 1.54) is 36.8 Å². The summed E-state index contributed by atoms with van der Waals surface area (Å²) in [4.78, 5) is 0. The van der Waals surface area contributed by atoms with Crippen molar-refractivity contribution < 1.29 is 4.74 Å². The summed E-state index contributed by atoms with van der Waals surface area (Å²) in [6.07, 6.45) is 8.25. The van der Waals surface area contributed by atoms with Gasteiger partial charge in [0.05, 0.1) is 6.61 Å². The van der Waals surface area contributed by atoms with Crippen molar-refractivity contribution in [1.29, 1.82) is 0 Å². The van der Waals surface area contributed by atoms with Gasteiger partial charge in [0.2, 0.25) is 0 Å².